The first kappa shape index (κ1) is 20.1. The summed E-state index contributed by atoms with van der Waals surface area (Å²) in [5.41, 5.74) is 4.38. The van der Waals surface area contributed by atoms with E-state index < -0.39 is 5.91 Å². The summed E-state index contributed by atoms with van der Waals surface area (Å²) < 4.78 is 0. The average molecular weight is 425 g/mol. The molecule has 0 bridgehead atoms. The Bertz CT molecular complexity index is 1250. The molecule has 2 aromatic carbocycles. The van der Waals surface area contributed by atoms with E-state index >= 15 is 0 Å². The summed E-state index contributed by atoms with van der Waals surface area (Å²) in [7, 11) is 0. The quantitative estimate of drug-likeness (QED) is 0.572. The summed E-state index contributed by atoms with van der Waals surface area (Å²) in [5, 5.41) is 0. The van der Waals surface area contributed by atoms with Gasteiger partial charge in [0.15, 0.2) is 0 Å². The molecule has 1 fully saturated rings. The number of carbonyl (C=O) groups is 3. The smallest absolute Gasteiger partial charge is 0.266 e. The second-order valence-electron chi connectivity index (χ2n) is 8.52. The van der Waals surface area contributed by atoms with Crippen molar-refractivity contribution in [3.05, 3.63) is 94.3 Å². The van der Waals surface area contributed by atoms with Crippen molar-refractivity contribution in [1.82, 2.24) is 9.88 Å². The van der Waals surface area contributed by atoms with Gasteiger partial charge in [0.05, 0.1) is 16.8 Å². The molecule has 1 aliphatic carbocycles. The Morgan fingerprint density at radius 1 is 1.03 bits per heavy atom. The number of carbonyl (C=O) groups excluding carboxylic acids is 3. The third-order valence-corrected chi connectivity index (χ3v) is 6.06. The van der Waals surface area contributed by atoms with Crippen LogP contribution in [0.15, 0.2) is 60.9 Å². The van der Waals surface area contributed by atoms with Crippen LogP contribution in [0.2, 0.25) is 0 Å². The molecule has 3 aromatic rings. The largest absolute Gasteiger partial charge is 0.331 e. The summed E-state index contributed by atoms with van der Waals surface area (Å²) in [5.74, 6) is -0.879. The molecule has 1 aliphatic heterocycles. The van der Waals surface area contributed by atoms with Gasteiger partial charge in [-0.1, -0.05) is 18.2 Å². The third kappa shape index (κ3) is 3.47. The molecule has 0 saturated heterocycles. The summed E-state index contributed by atoms with van der Waals surface area (Å²) in [4.78, 5) is 46.8. The van der Waals surface area contributed by atoms with Crippen molar-refractivity contribution in [2.24, 2.45) is 0 Å². The molecule has 0 spiro atoms. The molecule has 2 heterocycles. The van der Waals surface area contributed by atoms with Gasteiger partial charge in [-0.05, 0) is 73.7 Å². The van der Waals surface area contributed by atoms with Gasteiger partial charge in [-0.25, -0.2) is 4.90 Å². The number of aromatic nitrogens is 1. The highest BCUT2D eigenvalue weighted by Gasteiger charge is 2.39. The van der Waals surface area contributed by atoms with Gasteiger partial charge in [0.25, 0.3) is 17.7 Å². The van der Waals surface area contributed by atoms with Crippen molar-refractivity contribution in [2.75, 3.05) is 4.90 Å². The van der Waals surface area contributed by atoms with E-state index in [4.69, 9.17) is 0 Å². The topological polar surface area (TPSA) is 70.6 Å². The number of imide groups is 1. The number of benzene rings is 2. The molecule has 6 heteroatoms. The van der Waals surface area contributed by atoms with E-state index in [1.165, 1.54) is 4.90 Å². The Hall–Kier alpha value is -3.80. The van der Waals surface area contributed by atoms with E-state index in [1.54, 1.807) is 30.6 Å². The van der Waals surface area contributed by atoms with Crippen LogP contribution in [0, 0.1) is 13.8 Å². The van der Waals surface area contributed by atoms with Gasteiger partial charge >= 0.3 is 0 Å². The van der Waals surface area contributed by atoms with Gasteiger partial charge in [0.2, 0.25) is 0 Å². The number of pyridine rings is 1. The van der Waals surface area contributed by atoms with E-state index in [2.05, 4.69) is 4.98 Å². The van der Waals surface area contributed by atoms with Crippen molar-refractivity contribution >= 4 is 23.4 Å². The highest BCUT2D eigenvalue weighted by molar-refractivity contribution is 6.35. The normalized spacial score (nSPS) is 15.1. The Kier molecular flexibility index (Phi) is 4.85. The highest BCUT2D eigenvalue weighted by Crippen LogP contribution is 2.33. The Morgan fingerprint density at radius 3 is 2.53 bits per heavy atom. The van der Waals surface area contributed by atoms with Crippen molar-refractivity contribution in [2.45, 2.75) is 39.3 Å². The second kappa shape index (κ2) is 7.71. The fourth-order valence-corrected chi connectivity index (χ4v) is 4.16. The predicted molar refractivity (Wildman–Crippen MR) is 121 cm³/mol. The van der Waals surface area contributed by atoms with Gasteiger partial charge in [-0.15, -0.1) is 0 Å². The van der Waals surface area contributed by atoms with E-state index in [0.717, 1.165) is 29.5 Å². The molecule has 1 saturated carbocycles. The molecule has 0 atom stereocenters. The van der Waals surface area contributed by atoms with Gasteiger partial charge in [0, 0.05) is 30.5 Å². The van der Waals surface area contributed by atoms with E-state index in [1.807, 2.05) is 49.1 Å². The number of rotatable bonds is 5. The Labute approximate surface area is 186 Å². The summed E-state index contributed by atoms with van der Waals surface area (Å²) in [6.07, 6.45) is 5.40. The fourth-order valence-electron chi connectivity index (χ4n) is 4.16. The highest BCUT2D eigenvalue weighted by atomic mass is 16.2. The number of aryl methyl sites for hydroxylation is 2. The minimum Gasteiger partial charge on any atom is -0.331 e. The van der Waals surface area contributed by atoms with Crippen LogP contribution in [0.1, 0.15) is 60.6 Å². The van der Waals surface area contributed by atoms with Crippen molar-refractivity contribution < 1.29 is 14.4 Å². The molecule has 2 aliphatic rings. The fraction of sp³-hybridized carbons (Fsp3) is 0.231. The maximum atomic E-state index is 13.4. The van der Waals surface area contributed by atoms with Crippen LogP contribution in [0.5, 0.6) is 0 Å². The van der Waals surface area contributed by atoms with Crippen molar-refractivity contribution in [3.63, 3.8) is 0 Å². The zero-order valence-electron chi connectivity index (χ0n) is 18.0. The number of nitrogens with zero attached hydrogens (tertiary/aromatic N) is 3. The lowest BCUT2D eigenvalue weighted by Crippen LogP contribution is -2.32. The lowest BCUT2D eigenvalue weighted by atomic mass is 10.0. The number of hydrogen-bond acceptors (Lipinski definition) is 4. The summed E-state index contributed by atoms with van der Waals surface area (Å²) >= 11 is 0. The first-order valence-electron chi connectivity index (χ1n) is 10.7. The van der Waals surface area contributed by atoms with E-state index in [9.17, 15) is 14.4 Å². The van der Waals surface area contributed by atoms with Crippen LogP contribution >= 0.6 is 0 Å². The molecular formula is C26H23N3O3. The first-order chi connectivity index (χ1) is 15.4. The zero-order valence-corrected chi connectivity index (χ0v) is 18.0. The standard InChI is InChI=1S/C26H23N3O3/c1-16-5-6-17(2)23(12-16)29-25(31)21-10-7-19(13-22(21)26(29)32)24(30)28(20-8-9-20)15-18-4-3-11-27-14-18/h3-7,10-14,20H,8-9,15H2,1-2H3. The maximum Gasteiger partial charge on any atom is 0.266 e. The van der Waals surface area contributed by atoms with Crippen LogP contribution < -0.4 is 4.90 Å². The van der Waals surface area contributed by atoms with Gasteiger partial charge in [-0.2, -0.15) is 0 Å². The minimum atomic E-state index is -0.390. The van der Waals surface area contributed by atoms with Crippen molar-refractivity contribution in [1.29, 1.82) is 0 Å². The molecule has 0 radical (unpaired) electrons. The Morgan fingerprint density at radius 2 is 1.81 bits per heavy atom. The molecule has 1 aromatic heterocycles. The lowest BCUT2D eigenvalue weighted by Gasteiger charge is -2.22. The molecule has 32 heavy (non-hydrogen) atoms. The molecule has 160 valence electrons. The van der Waals surface area contributed by atoms with Gasteiger partial charge in [0.1, 0.15) is 0 Å². The van der Waals surface area contributed by atoms with E-state index in [0.29, 0.717) is 23.4 Å². The van der Waals surface area contributed by atoms with Crippen LogP contribution in [-0.4, -0.2) is 33.6 Å². The molecular weight excluding hydrogens is 402 g/mol. The van der Waals surface area contributed by atoms with Crippen LogP contribution in [0.4, 0.5) is 5.69 Å². The third-order valence-electron chi connectivity index (χ3n) is 6.06. The molecule has 5 rings (SSSR count). The predicted octanol–water partition coefficient (Wildman–Crippen LogP) is 4.30. The molecule has 0 N–H and O–H groups in total. The number of hydrogen-bond donors (Lipinski definition) is 0. The van der Waals surface area contributed by atoms with E-state index in [-0.39, 0.29) is 23.4 Å². The van der Waals surface area contributed by atoms with Gasteiger partial charge < -0.3 is 4.90 Å². The van der Waals surface area contributed by atoms with Crippen LogP contribution in [0.3, 0.4) is 0 Å². The summed E-state index contributed by atoms with van der Waals surface area (Å²) in [6.45, 7) is 4.27. The Balaban J connectivity index is 1.46. The molecule has 3 amide bonds. The van der Waals surface area contributed by atoms with Crippen LogP contribution in [-0.2, 0) is 6.54 Å². The number of fused-ring (bicyclic) bond motifs is 1. The van der Waals surface area contributed by atoms with Gasteiger partial charge in [-0.3, -0.25) is 19.4 Å². The van der Waals surface area contributed by atoms with Crippen molar-refractivity contribution in [3.8, 4) is 0 Å². The minimum absolute atomic E-state index is 0.135. The monoisotopic (exact) mass is 425 g/mol. The zero-order chi connectivity index (χ0) is 22.4. The SMILES string of the molecule is Cc1ccc(C)c(N2C(=O)c3ccc(C(=O)N(Cc4cccnc4)C4CC4)cc3C2=O)c1. The number of anilines is 1. The first-order valence-corrected chi connectivity index (χ1v) is 10.7. The summed E-state index contributed by atoms with van der Waals surface area (Å²) in [6, 6.07) is 14.5. The second-order valence-corrected chi connectivity index (χ2v) is 8.52. The lowest BCUT2D eigenvalue weighted by molar-refractivity contribution is 0.0729. The molecule has 0 unspecified atom stereocenters. The number of amides is 3. The van der Waals surface area contributed by atoms with Crippen LogP contribution in [0.25, 0.3) is 0 Å². The maximum absolute atomic E-state index is 13.4. The molecule has 6 nitrogen and oxygen atoms in total. The average Bonchev–Trinajstić information content (AvgIpc) is 3.61.